The van der Waals surface area contributed by atoms with E-state index >= 15 is 0 Å². The topological polar surface area (TPSA) is 65.1 Å². The van der Waals surface area contributed by atoms with E-state index in [1.165, 1.54) is 12.1 Å². The molecule has 3 aromatic rings. The smallest absolute Gasteiger partial charge is 0.410 e. The van der Waals surface area contributed by atoms with Gasteiger partial charge in [0, 0.05) is 11.8 Å². The summed E-state index contributed by atoms with van der Waals surface area (Å²) in [7, 11) is 0. The number of nitrogens with zero attached hydrogens (tertiary/aromatic N) is 1. The number of hydrogen-bond donors (Lipinski definition) is 0. The SMILES string of the molecule is O=C(c1ccccc1OC(F)F)C1CC2COCC(C1)N2C(=O)OCC1c2ccccc2-c2ccccc21. The number of morpholine rings is 1. The minimum Gasteiger partial charge on any atom is -0.448 e. The fraction of sp³-hybridized carbons (Fsp3) is 0.333. The van der Waals surface area contributed by atoms with Crippen molar-refractivity contribution in [3.05, 3.63) is 89.5 Å². The van der Waals surface area contributed by atoms with Crippen molar-refractivity contribution in [1.82, 2.24) is 4.90 Å². The van der Waals surface area contributed by atoms with Crippen LogP contribution >= 0.6 is 0 Å². The van der Waals surface area contributed by atoms with Crippen LogP contribution in [-0.2, 0) is 9.47 Å². The van der Waals surface area contributed by atoms with E-state index in [0.717, 1.165) is 22.3 Å². The number of halogens is 2. The molecule has 1 amide bonds. The molecule has 196 valence electrons. The van der Waals surface area contributed by atoms with Gasteiger partial charge in [0.2, 0.25) is 0 Å². The quantitative estimate of drug-likeness (QED) is 0.380. The Morgan fingerprint density at radius 1 is 0.868 bits per heavy atom. The van der Waals surface area contributed by atoms with Crippen LogP contribution in [0.2, 0.25) is 0 Å². The van der Waals surface area contributed by atoms with Crippen LogP contribution < -0.4 is 4.74 Å². The zero-order valence-corrected chi connectivity index (χ0v) is 20.6. The van der Waals surface area contributed by atoms with Crippen molar-refractivity contribution in [3.8, 4) is 16.9 Å². The first-order chi connectivity index (χ1) is 18.5. The van der Waals surface area contributed by atoms with Gasteiger partial charge >= 0.3 is 12.7 Å². The molecule has 6 rings (SSSR count). The molecule has 6 nitrogen and oxygen atoms in total. The predicted octanol–water partition coefficient (Wildman–Crippen LogP) is 5.90. The van der Waals surface area contributed by atoms with E-state index in [4.69, 9.17) is 9.47 Å². The van der Waals surface area contributed by atoms with Gasteiger partial charge in [-0.3, -0.25) is 9.69 Å². The van der Waals surface area contributed by atoms with Gasteiger partial charge in [-0.2, -0.15) is 8.78 Å². The molecule has 0 aromatic heterocycles. The van der Waals surface area contributed by atoms with Gasteiger partial charge in [-0.25, -0.2) is 4.79 Å². The van der Waals surface area contributed by atoms with Crippen molar-refractivity contribution in [2.45, 2.75) is 37.5 Å². The number of ether oxygens (including phenoxy) is 3. The van der Waals surface area contributed by atoms with Crippen molar-refractivity contribution in [2.75, 3.05) is 19.8 Å². The highest BCUT2D eigenvalue weighted by molar-refractivity contribution is 6.00. The molecule has 0 spiro atoms. The van der Waals surface area contributed by atoms with Gasteiger partial charge < -0.3 is 14.2 Å². The highest BCUT2D eigenvalue weighted by Gasteiger charge is 2.45. The Morgan fingerprint density at radius 3 is 2.08 bits per heavy atom. The summed E-state index contributed by atoms with van der Waals surface area (Å²) in [5, 5.41) is 0. The van der Waals surface area contributed by atoms with Crippen LogP contribution in [0.5, 0.6) is 5.75 Å². The Labute approximate surface area is 219 Å². The summed E-state index contributed by atoms with van der Waals surface area (Å²) in [4.78, 5) is 28.4. The van der Waals surface area contributed by atoms with Crippen molar-refractivity contribution in [1.29, 1.82) is 0 Å². The first-order valence-corrected chi connectivity index (χ1v) is 12.8. The first-order valence-electron chi connectivity index (χ1n) is 12.8. The lowest BCUT2D eigenvalue weighted by Crippen LogP contribution is -2.60. The average molecular weight is 520 g/mol. The molecule has 8 heteroatoms. The zero-order valence-electron chi connectivity index (χ0n) is 20.6. The van der Waals surface area contributed by atoms with Crippen molar-refractivity contribution < 1.29 is 32.6 Å². The molecule has 2 saturated heterocycles. The van der Waals surface area contributed by atoms with E-state index in [0.29, 0.717) is 26.1 Å². The van der Waals surface area contributed by atoms with Crippen molar-refractivity contribution in [3.63, 3.8) is 0 Å². The summed E-state index contributed by atoms with van der Waals surface area (Å²) in [5.74, 6) is -0.875. The number of alkyl halides is 2. The summed E-state index contributed by atoms with van der Waals surface area (Å²) in [6.07, 6.45) is 0.308. The van der Waals surface area contributed by atoms with Crippen LogP contribution in [0.15, 0.2) is 72.8 Å². The molecule has 2 bridgehead atoms. The number of para-hydroxylation sites is 1. The molecule has 3 aliphatic rings. The molecule has 2 heterocycles. The Balaban J connectivity index is 1.16. The minimum atomic E-state index is -3.02. The van der Waals surface area contributed by atoms with Crippen molar-refractivity contribution >= 4 is 11.9 Å². The summed E-state index contributed by atoms with van der Waals surface area (Å²) < 4.78 is 41.9. The normalized spacial score (nSPS) is 22.1. The molecule has 2 aliphatic heterocycles. The van der Waals surface area contributed by atoms with Crippen LogP contribution in [0.4, 0.5) is 13.6 Å². The fourth-order valence-corrected chi connectivity index (χ4v) is 6.18. The molecule has 2 atom stereocenters. The van der Waals surface area contributed by atoms with Crippen LogP contribution in [0.25, 0.3) is 11.1 Å². The monoisotopic (exact) mass is 519 g/mol. The second-order valence-corrected chi connectivity index (χ2v) is 9.96. The molecule has 2 unspecified atom stereocenters. The number of benzene rings is 3. The number of rotatable bonds is 6. The molecule has 38 heavy (non-hydrogen) atoms. The number of Topliss-reactive ketones (excluding diaryl/α,β-unsaturated/α-hetero) is 1. The zero-order chi connectivity index (χ0) is 26.2. The Kier molecular flexibility index (Phi) is 6.57. The summed E-state index contributed by atoms with van der Waals surface area (Å²) >= 11 is 0. The number of carbonyl (C=O) groups is 2. The van der Waals surface area contributed by atoms with E-state index in [9.17, 15) is 18.4 Å². The molecule has 0 saturated carbocycles. The number of piperidine rings is 1. The summed E-state index contributed by atoms with van der Waals surface area (Å²) in [6, 6.07) is 21.7. The summed E-state index contributed by atoms with van der Waals surface area (Å²) in [6.45, 7) is -2.23. The van der Waals surface area contributed by atoms with E-state index in [1.54, 1.807) is 17.0 Å². The molecule has 0 N–H and O–H groups in total. The molecule has 3 aromatic carbocycles. The molecule has 0 radical (unpaired) electrons. The van der Waals surface area contributed by atoms with Gasteiger partial charge in [-0.05, 0) is 47.2 Å². The van der Waals surface area contributed by atoms with Gasteiger partial charge in [-0.15, -0.1) is 0 Å². The van der Waals surface area contributed by atoms with Crippen LogP contribution in [0.3, 0.4) is 0 Å². The summed E-state index contributed by atoms with van der Waals surface area (Å²) in [5.41, 5.74) is 4.72. The molecular weight excluding hydrogens is 492 g/mol. The van der Waals surface area contributed by atoms with E-state index in [2.05, 4.69) is 29.0 Å². The van der Waals surface area contributed by atoms with Gasteiger partial charge in [-0.1, -0.05) is 60.7 Å². The van der Waals surface area contributed by atoms with Gasteiger partial charge in [0.25, 0.3) is 0 Å². The Hall–Kier alpha value is -3.78. The lowest BCUT2D eigenvalue weighted by molar-refractivity contribution is -0.0749. The maximum Gasteiger partial charge on any atom is 0.410 e. The Bertz CT molecular complexity index is 1300. The maximum absolute atomic E-state index is 13.4. The van der Waals surface area contributed by atoms with E-state index in [-0.39, 0.29) is 41.7 Å². The molecule has 2 fully saturated rings. The highest BCUT2D eigenvalue weighted by Crippen LogP contribution is 2.45. The fourth-order valence-electron chi connectivity index (χ4n) is 6.18. The standard InChI is InChI=1S/C30H27F2NO5/c31-29(32)38-27-12-6-5-11-25(27)28(34)18-13-19-15-36-16-20(14-18)33(19)30(35)37-17-26-23-9-3-1-7-21(23)22-8-2-4-10-24(22)26/h1-12,18-20,26,29H,13-17H2. The third-order valence-electron chi connectivity index (χ3n) is 7.81. The lowest BCUT2D eigenvalue weighted by atomic mass is 9.80. The van der Waals surface area contributed by atoms with Gasteiger partial charge in [0.05, 0.1) is 30.9 Å². The molecule has 1 aliphatic carbocycles. The minimum absolute atomic E-state index is 0.0482. The van der Waals surface area contributed by atoms with E-state index < -0.39 is 18.6 Å². The van der Waals surface area contributed by atoms with Gasteiger partial charge in [0.1, 0.15) is 12.4 Å². The number of ketones is 1. The Morgan fingerprint density at radius 2 is 1.45 bits per heavy atom. The maximum atomic E-state index is 13.4. The van der Waals surface area contributed by atoms with E-state index in [1.807, 2.05) is 24.3 Å². The van der Waals surface area contributed by atoms with Crippen molar-refractivity contribution in [2.24, 2.45) is 5.92 Å². The number of fused-ring (bicyclic) bond motifs is 5. The van der Waals surface area contributed by atoms with Crippen LogP contribution in [0.1, 0.15) is 40.2 Å². The lowest BCUT2D eigenvalue weighted by Gasteiger charge is -2.47. The average Bonchev–Trinajstić information content (AvgIpc) is 3.24. The third-order valence-corrected chi connectivity index (χ3v) is 7.81. The largest absolute Gasteiger partial charge is 0.448 e. The van der Waals surface area contributed by atoms with Gasteiger partial charge in [0.15, 0.2) is 5.78 Å². The highest BCUT2D eigenvalue weighted by atomic mass is 19.3. The van der Waals surface area contributed by atoms with Crippen LogP contribution in [0, 0.1) is 5.92 Å². The van der Waals surface area contributed by atoms with Crippen LogP contribution in [-0.4, -0.2) is 55.3 Å². The predicted molar refractivity (Wildman–Crippen MR) is 135 cm³/mol. The number of amides is 1. The molecular formula is C30H27F2NO5. The second-order valence-electron chi connectivity index (χ2n) is 9.96. The third kappa shape index (κ3) is 4.43. The second kappa shape index (κ2) is 10.2. The number of hydrogen-bond acceptors (Lipinski definition) is 5. The first kappa shape index (κ1) is 24.6. The number of carbonyl (C=O) groups excluding carboxylic acids is 2.